The smallest absolute Gasteiger partial charge is 0.398 e. The standard InChI is InChI=1S/C18H17F3N4O2S.C9H14/c1-23-17(26)24-12-6-4-10(5-7-12)13-8-15(11-2-3-11)25-16(14(13)9-22)27-28-18(19,20)21;1-4-6-7-8-9(3)5-2/h4-8,11,15,25H,2-3H2,1H3,(H2,23,24,26);4-8H,1-3H3/b;6-4-,8-7-,9-5-. The number of hydrogen-bond donors (Lipinski definition) is 3. The summed E-state index contributed by atoms with van der Waals surface area (Å²) in [6, 6.07) is 8.04. The Hall–Kier alpha value is -3.58. The van der Waals surface area contributed by atoms with Gasteiger partial charge in [0, 0.05) is 18.3 Å². The average Bonchev–Trinajstić information content (AvgIpc) is 3.73. The van der Waals surface area contributed by atoms with Gasteiger partial charge in [-0.2, -0.15) is 18.4 Å². The van der Waals surface area contributed by atoms with Gasteiger partial charge in [0.15, 0.2) is 12.0 Å². The predicted octanol–water partition coefficient (Wildman–Crippen LogP) is 7.21. The van der Waals surface area contributed by atoms with E-state index in [-0.39, 0.29) is 23.5 Å². The summed E-state index contributed by atoms with van der Waals surface area (Å²) in [5.41, 5.74) is -1.60. The van der Waals surface area contributed by atoms with Gasteiger partial charge >= 0.3 is 11.5 Å². The normalized spacial score (nSPS) is 17.9. The van der Waals surface area contributed by atoms with Gasteiger partial charge < -0.3 is 20.1 Å². The highest BCUT2D eigenvalue weighted by Gasteiger charge is 2.37. The number of dihydropyridines is 1. The van der Waals surface area contributed by atoms with Crippen LogP contribution in [0.1, 0.15) is 39.2 Å². The van der Waals surface area contributed by atoms with Crippen molar-refractivity contribution >= 4 is 29.3 Å². The van der Waals surface area contributed by atoms with Crippen molar-refractivity contribution in [1.82, 2.24) is 10.6 Å². The number of carbonyl (C=O) groups is 1. The van der Waals surface area contributed by atoms with E-state index in [1.165, 1.54) is 12.6 Å². The number of halogens is 3. The number of anilines is 1. The van der Waals surface area contributed by atoms with Crippen molar-refractivity contribution in [2.45, 2.75) is 45.2 Å². The molecule has 198 valence electrons. The molecule has 0 saturated heterocycles. The zero-order chi connectivity index (χ0) is 27.4. The van der Waals surface area contributed by atoms with Gasteiger partial charge in [-0.15, -0.1) is 0 Å². The second-order valence-corrected chi connectivity index (χ2v) is 9.01. The summed E-state index contributed by atoms with van der Waals surface area (Å²) in [5.74, 6) is 0.103. The number of allylic oxidation sites excluding steroid dienone is 8. The molecule has 3 rings (SSSR count). The van der Waals surface area contributed by atoms with Gasteiger partial charge in [-0.1, -0.05) is 54.2 Å². The number of hydrogen-bond acceptors (Lipinski definition) is 5. The Morgan fingerprint density at radius 3 is 2.41 bits per heavy atom. The lowest BCUT2D eigenvalue weighted by Crippen LogP contribution is -2.33. The molecular formula is C27H31F3N4O2S. The summed E-state index contributed by atoms with van der Waals surface area (Å²) in [7, 11) is 1.49. The minimum Gasteiger partial charge on any atom is -0.398 e. The summed E-state index contributed by atoms with van der Waals surface area (Å²) in [5, 5.41) is 17.5. The van der Waals surface area contributed by atoms with E-state index in [1.807, 2.05) is 44.2 Å². The fourth-order valence-electron chi connectivity index (χ4n) is 3.21. The number of rotatable bonds is 7. The summed E-state index contributed by atoms with van der Waals surface area (Å²) in [6.45, 7) is 6.13. The second-order valence-electron chi connectivity index (χ2n) is 8.22. The first-order valence-corrected chi connectivity index (χ1v) is 12.4. The van der Waals surface area contributed by atoms with E-state index in [0.29, 0.717) is 22.7 Å². The van der Waals surface area contributed by atoms with Crippen LogP contribution < -0.4 is 16.0 Å². The molecule has 3 N–H and O–H groups in total. The van der Waals surface area contributed by atoms with E-state index >= 15 is 0 Å². The first-order valence-electron chi connectivity index (χ1n) is 11.7. The molecule has 10 heteroatoms. The van der Waals surface area contributed by atoms with Crippen molar-refractivity contribution in [3.63, 3.8) is 0 Å². The molecule has 37 heavy (non-hydrogen) atoms. The molecule has 1 fully saturated rings. The van der Waals surface area contributed by atoms with Crippen molar-refractivity contribution in [2.24, 2.45) is 5.92 Å². The van der Waals surface area contributed by atoms with Gasteiger partial charge in [-0.25, -0.2) is 4.79 Å². The van der Waals surface area contributed by atoms with E-state index in [0.717, 1.165) is 12.8 Å². The molecule has 0 radical (unpaired) electrons. The molecule has 1 aliphatic heterocycles. The maximum atomic E-state index is 12.6. The number of benzene rings is 1. The van der Waals surface area contributed by atoms with Gasteiger partial charge in [0.1, 0.15) is 11.6 Å². The van der Waals surface area contributed by atoms with Crippen LogP contribution in [-0.4, -0.2) is 24.6 Å². The molecule has 1 heterocycles. The molecule has 2 amide bonds. The Kier molecular flexibility index (Phi) is 11.4. The minimum absolute atomic E-state index is 0.000612. The molecule has 1 aliphatic carbocycles. The van der Waals surface area contributed by atoms with Crippen LogP contribution in [0.25, 0.3) is 5.57 Å². The molecule has 1 unspecified atom stereocenters. The number of nitrogens with one attached hydrogen (secondary N) is 3. The quantitative estimate of drug-likeness (QED) is 0.255. The largest absolute Gasteiger partial charge is 0.479 e. The Morgan fingerprint density at radius 2 is 1.89 bits per heavy atom. The average molecular weight is 533 g/mol. The Bertz CT molecular complexity index is 1130. The van der Waals surface area contributed by atoms with Crippen molar-refractivity contribution in [3.8, 4) is 6.07 Å². The lowest BCUT2D eigenvalue weighted by molar-refractivity contribution is -0.0386. The lowest BCUT2D eigenvalue weighted by Gasteiger charge is -2.26. The first-order chi connectivity index (χ1) is 17.6. The van der Waals surface area contributed by atoms with Crippen molar-refractivity contribution in [3.05, 3.63) is 83.3 Å². The van der Waals surface area contributed by atoms with Gasteiger partial charge in [-0.3, -0.25) is 0 Å². The summed E-state index contributed by atoms with van der Waals surface area (Å²) in [6.07, 6.45) is 14.0. The number of amides is 2. The van der Waals surface area contributed by atoms with Crippen molar-refractivity contribution < 1.29 is 22.1 Å². The molecule has 2 aliphatic rings. The van der Waals surface area contributed by atoms with Crippen LogP contribution in [0.2, 0.25) is 0 Å². The first kappa shape index (κ1) is 29.6. The number of urea groups is 1. The third kappa shape index (κ3) is 10.1. The minimum atomic E-state index is -4.58. The molecule has 0 bridgehead atoms. The Labute approximate surface area is 220 Å². The van der Waals surface area contributed by atoms with E-state index in [9.17, 15) is 23.2 Å². The van der Waals surface area contributed by atoms with Crippen LogP contribution in [0.15, 0.2) is 77.8 Å². The van der Waals surface area contributed by atoms with E-state index in [2.05, 4.69) is 35.0 Å². The van der Waals surface area contributed by atoms with Gasteiger partial charge in [-0.05, 0) is 57.2 Å². The fourth-order valence-corrected chi connectivity index (χ4v) is 3.52. The van der Waals surface area contributed by atoms with E-state index < -0.39 is 17.6 Å². The molecule has 1 aromatic carbocycles. The summed E-state index contributed by atoms with van der Waals surface area (Å²) >= 11 is -0.651. The van der Waals surface area contributed by atoms with Crippen LogP contribution >= 0.6 is 12.0 Å². The van der Waals surface area contributed by atoms with Crippen LogP contribution in [0.3, 0.4) is 0 Å². The van der Waals surface area contributed by atoms with Crippen LogP contribution in [0, 0.1) is 17.2 Å². The van der Waals surface area contributed by atoms with Crippen LogP contribution in [0.5, 0.6) is 0 Å². The van der Waals surface area contributed by atoms with Crippen molar-refractivity contribution in [1.29, 1.82) is 5.26 Å². The summed E-state index contributed by atoms with van der Waals surface area (Å²) in [4.78, 5) is 11.4. The van der Waals surface area contributed by atoms with Gasteiger partial charge in [0.25, 0.3) is 0 Å². The lowest BCUT2D eigenvalue weighted by atomic mass is 9.92. The predicted molar refractivity (Wildman–Crippen MR) is 143 cm³/mol. The molecule has 1 atom stereocenters. The SMILES string of the molecule is CNC(=O)Nc1ccc(C2=CC(C3CC3)NC(OSC(F)(F)F)=C2C#N)cc1.C\C=C/C=C\C(C)=C/C. The van der Waals surface area contributed by atoms with E-state index in [1.54, 1.807) is 24.3 Å². The van der Waals surface area contributed by atoms with Crippen molar-refractivity contribution in [2.75, 3.05) is 12.4 Å². The van der Waals surface area contributed by atoms with Crippen LogP contribution in [-0.2, 0) is 4.18 Å². The zero-order valence-electron chi connectivity index (χ0n) is 21.1. The molecule has 6 nitrogen and oxygen atoms in total. The maximum Gasteiger partial charge on any atom is 0.479 e. The highest BCUT2D eigenvalue weighted by Crippen LogP contribution is 2.41. The third-order valence-corrected chi connectivity index (χ3v) is 5.84. The maximum absolute atomic E-state index is 12.6. The molecule has 0 aromatic heterocycles. The second kappa shape index (κ2) is 14.2. The number of carbonyl (C=O) groups excluding carboxylic acids is 1. The molecule has 1 aromatic rings. The highest BCUT2D eigenvalue weighted by molar-refractivity contribution is 7.95. The van der Waals surface area contributed by atoms with Gasteiger partial charge in [0.05, 0.1) is 6.04 Å². The number of nitriles is 1. The monoisotopic (exact) mass is 532 g/mol. The Morgan fingerprint density at radius 1 is 1.22 bits per heavy atom. The highest BCUT2D eigenvalue weighted by atomic mass is 32.2. The molecule has 1 saturated carbocycles. The van der Waals surface area contributed by atoms with Gasteiger partial charge in [0.2, 0.25) is 5.88 Å². The third-order valence-electron chi connectivity index (χ3n) is 5.40. The Balaban J connectivity index is 0.000000458. The topological polar surface area (TPSA) is 86.2 Å². The molecular weight excluding hydrogens is 501 g/mol. The number of alkyl halides is 3. The summed E-state index contributed by atoms with van der Waals surface area (Å²) < 4.78 is 42.5. The van der Waals surface area contributed by atoms with Crippen LogP contribution in [0.4, 0.5) is 23.7 Å². The zero-order valence-corrected chi connectivity index (χ0v) is 22.0. The van der Waals surface area contributed by atoms with E-state index in [4.69, 9.17) is 4.18 Å². The fraction of sp³-hybridized carbons (Fsp3) is 0.333. The number of nitrogens with zero attached hydrogens (tertiary/aromatic N) is 1. The molecule has 0 spiro atoms.